The van der Waals surface area contributed by atoms with E-state index in [9.17, 15) is 8.42 Å². The normalized spacial score (nSPS) is 10.0. The van der Waals surface area contributed by atoms with E-state index in [2.05, 4.69) is 10.5 Å². The van der Waals surface area contributed by atoms with Crippen molar-refractivity contribution in [3.05, 3.63) is 23.8 Å². The third kappa shape index (κ3) is 3.28. The molecule has 1 aromatic rings. The van der Waals surface area contributed by atoms with E-state index in [1.165, 1.54) is 25.1 Å². The van der Waals surface area contributed by atoms with Crippen molar-refractivity contribution >= 4 is 21.5 Å². The standard InChI is InChI=1S/C10H8N4O3S/c1-7-4-8(13-14-9(5-11)6-12)2-3-10(7)18(15,16)17/h2-4,13H,1H3,(H,15,16,17). The molecule has 0 aliphatic heterocycles. The van der Waals surface area contributed by atoms with E-state index < -0.39 is 10.1 Å². The minimum absolute atomic E-state index is 0.210. The Bertz CT molecular complexity index is 664. The first-order chi connectivity index (χ1) is 8.38. The van der Waals surface area contributed by atoms with Crippen LogP contribution < -0.4 is 5.43 Å². The zero-order valence-corrected chi connectivity index (χ0v) is 10.1. The number of nitriles is 2. The van der Waals surface area contributed by atoms with Gasteiger partial charge in [-0.3, -0.25) is 9.98 Å². The number of rotatable bonds is 3. The molecule has 7 nitrogen and oxygen atoms in total. The molecule has 0 atom stereocenters. The SMILES string of the molecule is Cc1cc(NN=C(C#N)C#N)ccc1S(=O)(=O)O. The van der Waals surface area contributed by atoms with E-state index in [-0.39, 0.29) is 10.6 Å². The summed E-state index contributed by atoms with van der Waals surface area (Å²) in [6, 6.07) is 7.09. The molecule has 2 N–H and O–H groups in total. The van der Waals surface area contributed by atoms with Crippen LogP contribution in [0.15, 0.2) is 28.2 Å². The molecule has 0 amide bonds. The maximum absolute atomic E-state index is 10.9. The molecule has 0 saturated heterocycles. The van der Waals surface area contributed by atoms with Gasteiger partial charge in [0.05, 0.1) is 10.6 Å². The van der Waals surface area contributed by atoms with E-state index in [1.807, 2.05) is 0 Å². The van der Waals surface area contributed by atoms with Crippen molar-refractivity contribution in [3.8, 4) is 12.1 Å². The Hall–Kier alpha value is -2.42. The van der Waals surface area contributed by atoms with Gasteiger partial charge in [-0.2, -0.15) is 24.0 Å². The van der Waals surface area contributed by atoms with Crippen LogP contribution in [-0.2, 0) is 10.1 Å². The highest BCUT2D eigenvalue weighted by molar-refractivity contribution is 7.85. The zero-order chi connectivity index (χ0) is 13.8. The maximum atomic E-state index is 10.9. The first-order valence-electron chi connectivity index (χ1n) is 4.60. The van der Waals surface area contributed by atoms with E-state index in [1.54, 1.807) is 12.1 Å². The molecular weight excluding hydrogens is 256 g/mol. The number of hydrogen-bond acceptors (Lipinski definition) is 6. The largest absolute Gasteiger partial charge is 0.294 e. The molecule has 0 heterocycles. The molecule has 92 valence electrons. The highest BCUT2D eigenvalue weighted by Gasteiger charge is 2.12. The molecule has 0 spiro atoms. The summed E-state index contributed by atoms with van der Waals surface area (Å²) >= 11 is 0. The van der Waals surface area contributed by atoms with E-state index in [4.69, 9.17) is 15.1 Å². The van der Waals surface area contributed by atoms with Gasteiger partial charge in [-0.05, 0) is 30.7 Å². The Balaban J connectivity index is 3.05. The van der Waals surface area contributed by atoms with Crippen LogP contribution in [0.5, 0.6) is 0 Å². The van der Waals surface area contributed by atoms with Crippen LogP contribution in [-0.4, -0.2) is 18.7 Å². The molecule has 0 bridgehead atoms. The fraction of sp³-hybridized carbons (Fsp3) is 0.100. The third-order valence-corrected chi connectivity index (χ3v) is 2.98. The highest BCUT2D eigenvalue weighted by Crippen LogP contribution is 2.19. The molecule has 0 radical (unpaired) electrons. The van der Waals surface area contributed by atoms with Crippen LogP contribution >= 0.6 is 0 Å². The molecule has 1 aromatic carbocycles. The van der Waals surface area contributed by atoms with E-state index in [0.29, 0.717) is 11.3 Å². The van der Waals surface area contributed by atoms with Crippen molar-refractivity contribution in [1.29, 1.82) is 10.5 Å². The van der Waals surface area contributed by atoms with Gasteiger partial charge in [0.2, 0.25) is 5.71 Å². The van der Waals surface area contributed by atoms with Gasteiger partial charge in [0.15, 0.2) is 0 Å². The van der Waals surface area contributed by atoms with Crippen LogP contribution in [0, 0.1) is 29.6 Å². The predicted octanol–water partition coefficient (Wildman–Crippen LogP) is 1.06. The second-order valence-corrected chi connectivity index (χ2v) is 4.64. The summed E-state index contributed by atoms with van der Waals surface area (Å²) in [6.45, 7) is 1.49. The number of nitrogens with one attached hydrogen (secondary N) is 1. The average molecular weight is 264 g/mol. The smallest absolute Gasteiger partial charge is 0.282 e. The van der Waals surface area contributed by atoms with Crippen LogP contribution in [0.25, 0.3) is 0 Å². The Labute approximate surface area is 104 Å². The Morgan fingerprint density at radius 2 is 2.00 bits per heavy atom. The van der Waals surface area contributed by atoms with Gasteiger partial charge in [-0.25, -0.2) is 0 Å². The maximum Gasteiger partial charge on any atom is 0.294 e. The fourth-order valence-electron chi connectivity index (χ4n) is 1.20. The summed E-state index contributed by atoms with van der Waals surface area (Å²) in [6.07, 6.45) is 0. The van der Waals surface area contributed by atoms with Crippen molar-refractivity contribution < 1.29 is 13.0 Å². The fourth-order valence-corrected chi connectivity index (χ4v) is 1.91. The number of aryl methyl sites for hydroxylation is 1. The molecule has 0 saturated carbocycles. The molecule has 0 aliphatic rings. The summed E-state index contributed by atoms with van der Waals surface area (Å²) in [7, 11) is -4.26. The molecule has 0 fully saturated rings. The van der Waals surface area contributed by atoms with Gasteiger partial charge in [-0.15, -0.1) is 0 Å². The lowest BCUT2D eigenvalue weighted by molar-refractivity contribution is 0.482. The van der Waals surface area contributed by atoms with Gasteiger partial charge < -0.3 is 0 Å². The summed E-state index contributed by atoms with van der Waals surface area (Å²) < 4.78 is 30.8. The monoisotopic (exact) mass is 264 g/mol. The Morgan fingerprint density at radius 3 is 2.44 bits per heavy atom. The van der Waals surface area contributed by atoms with Crippen molar-refractivity contribution in [2.75, 3.05) is 5.43 Å². The van der Waals surface area contributed by atoms with Crippen LogP contribution in [0.2, 0.25) is 0 Å². The zero-order valence-electron chi connectivity index (χ0n) is 9.25. The number of hydrogen-bond donors (Lipinski definition) is 2. The van der Waals surface area contributed by atoms with Crippen LogP contribution in [0.3, 0.4) is 0 Å². The molecule has 0 aliphatic carbocycles. The van der Waals surface area contributed by atoms with Gasteiger partial charge in [0.25, 0.3) is 10.1 Å². The first-order valence-corrected chi connectivity index (χ1v) is 6.04. The minimum atomic E-state index is -4.26. The van der Waals surface area contributed by atoms with E-state index in [0.717, 1.165) is 0 Å². The summed E-state index contributed by atoms with van der Waals surface area (Å²) in [4.78, 5) is -0.210. The molecular formula is C10H8N4O3S. The van der Waals surface area contributed by atoms with Crippen molar-refractivity contribution in [3.63, 3.8) is 0 Å². The van der Waals surface area contributed by atoms with Crippen molar-refractivity contribution in [1.82, 2.24) is 0 Å². The lowest BCUT2D eigenvalue weighted by atomic mass is 10.2. The first kappa shape index (κ1) is 13.6. The number of nitrogens with zero attached hydrogens (tertiary/aromatic N) is 3. The number of benzene rings is 1. The third-order valence-electron chi connectivity index (χ3n) is 1.96. The van der Waals surface area contributed by atoms with Crippen molar-refractivity contribution in [2.24, 2.45) is 5.10 Å². The lowest BCUT2D eigenvalue weighted by Crippen LogP contribution is -2.02. The molecule has 0 unspecified atom stereocenters. The molecule has 8 heteroatoms. The Kier molecular flexibility index (Phi) is 4.00. The van der Waals surface area contributed by atoms with Crippen LogP contribution in [0.4, 0.5) is 5.69 Å². The van der Waals surface area contributed by atoms with E-state index >= 15 is 0 Å². The Morgan fingerprint density at radius 1 is 1.39 bits per heavy atom. The highest BCUT2D eigenvalue weighted by atomic mass is 32.2. The molecule has 1 rings (SSSR count). The van der Waals surface area contributed by atoms with Gasteiger partial charge in [0, 0.05) is 0 Å². The molecule has 18 heavy (non-hydrogen) atoms. The van der Waals surface area contributed by atoms with Crippen LogP contribution in [0.1, 0.15) is 5.56 Å². The summed E-state index contributed by atoms with van der Waals surface area (Å²) in [5, 5.41) is 20.4. The minimum Gasteiger partial charge on any atom is -0.282 e. The number of anilines is 1. The lowest BCUT2D eigenvalue weighted by Gasteiger charge is -2.05. The van der Waals surface area contributed by atoms with Gasteiger partial charge in [0.1, 0.15) is 12.1 Å². The molecule has 0 aromatic heterocycles. The van der Waals surface area contributed by atoms with Gasteiger partial charge >= 0.3 is 0 Å². The quantitative estimate of drug-likeness (QED) is 0.477. The summed E-state index contributed by atoms with van der Waals surface area (Å²) in [5.74, 6) is 0. The topological polar surface area (TPSA) is 126 Å². The van der Waals surface area contributed by atoms with Crippen molar-refractivity contribution in [2.45, 2.75) is 11.8 Å². The van der Waals surface area contributed by atoms with Gasteiger partial charge in [-0.1, -0.05) is 0 Å². The average Bonchev–Trinajstić information content (AvgIpc) is 2.28. The number of hydrazone groups is 1. The second-order valence-electron chi connectivity index (χ2n) is 3.25. The summed E-state index contributed by atoms with van der Waals surface area (Å²) in [5.41, 5.74) is 2.78. The second kappa shape index (κ2) is 5.27. The predicted molar refractivity (Wildman–Crippen MR) is 63.3 cm³/mol.